The lowest BCUT2D eigenvalue weighted by Crippen LogP contribution is -2.33. The topological polar surface area (TPSA) is 81.4 Å². The third-order valence-corrected chi connectivity index (χ3v) is 5.47. The second-order valence-electron chi connectivity index (χ2n) is 4.08. The number of anilines is 1. The lowest BCUT2D eigenvalue weighted by atomic mass is 10.1. The van der Waals surface area contributed by atoms with E-state index < -0.39 is 0 Å². The monoisotopic (exact) mass is 614 g/mol. The molecule has 0 bridgehead atoms. The van der Waals surface area contributed by atoms with Crippen LogP contribution in [-0.4, -0.2) is 25.5 Å². The number of rotatable bonds is 4. The van der Waals surface area contributed by atoms with Crippen molar-refractivity contribution in [3.63, 3.8) is 0 Å². The Morgan fingerprint density at radius 3 is 2.50 bits per heavy atom. The number of halogens is 3. The molecule has 0 aliphatic rings. The number of amides is 1. The van der Waals surface area contributed by atoms with E-state index in [4.69, 9.17) is 5.73 Å². The summed E-state index contributed by atoms with van der Waals surface area (Å²) in [6, 6.07) is 1.86. The van der Waals surface area contributed by atoms with Gasteiger partial charge in [0, 0.05) is 13.7 Å². The van der Waals surface area contributed by atoms with E-state index in [2.05, 4.69) is 77.8 Å². The Morgan fingerprint density at radius 2 is 1.95 bits per heavy atom. The molecule has 0 spiro atoms. The molecule has 8 heteroatoms. The van der Waals surface area contributed by atoms with Crippen LogP contribution in [0, 0.1) is 16.6 Å². The Balaban J connectivity index is 2.89. The van der Waals surface area contributed by atoms with Crippen LogP contribution in [0.25, 0.3) is 0 Å². The molecule has 1 amide bonds. The first-order chi connectivity index (χ1) is 9.29. The second-order valence-corrected chi connectivity index (χ2v) is 7.48. The third kappa shape index (κ3) is 4.32. The molecule has 0 fully saturated rings. The fraction of sp³-hybridized carbons (Fsp3) is 0.333. The van der Waals surface area contributed by atoms with Crippen molar-refractivity contribution in [2.75, 3.05) is 19.4 Å². The van der Waals surface area contributed by atoms with Crippen molar-refractivity contribution in [3.05, 3.63) is 22.3 Å². The summed E-state index contributed by atoms with van der Waals surface area (Å²) >= 11 is 6.30. The van der Waals surface area contributed by atoms with Crippen molar-refractivity contribution in [1.29, 1.82) is 0 Å². The van der Waals surface area contributed by atoms with E-state index >= 15 is 0 Å². The molecule has 0 heterocycles. The van der Waals surface area contributed by atoms with Gasteiger partial charge in [0.2, 0.25) is 0 Å². The normalized spacial score (nSPS) is 11.8. The summed E-state index contributed by atoms with van der Waals surface area (Å²) in [5.41, 5.74) is 7.08. The average molecular weight is 614 g/mol. The highest BCUT2D eigenvalue weighted by atomic mass is 127. The Morgan fingerprint density at radius 1 is 1.35 bits per heavy atom. The summed E-state index contributed by atoms with van der Waals surface area (Å²) in [5, 5.41) is 2.73. The molecular weight excluding hydrogens is 601 g/mol. The van der Waals surface area contributed by atoms with Gasteiger partial charge in [-0.05, 0) is 73.8 Å². The van der Waals surface area contributed by atoms with Gasteiger partial charge in [0.05, 0.1) is 27.8 Å². The van der Waals surface area contributed by atoms with Crippen LogP contribution < -0.4 is 11.1 Å². The zero-order valence-electron chi connectivity index (χ0n) is 10.8. The smallest absolute Gasteiger partial charge is 0.310 e. The number of hydrogen-bond acceptors (Lipinski definition) is 4. The van der Waals surface area contributed by atoms with E-state index in [1.165, 1.54) is 7.11 Å². The first-order valence-corrected chi connectivity index (χ1v) is 8.82. The van der Waals surface area contributed by atoms with Crippen LogP contribution in [0.3, 0.4) is 0 Å². The molecule has 1 atom stereocenters. The molecule has 0 radical (unpaired) electrons. The summed E-state index contributed by atoms with van der Waals surface area (Å²) in [4.78, 5) is 23.5. The van der Waals surface area contributed by atoms with E-state index in [-0.39, 0.29) is 24.3 Å². The van der Waals surface area contributed by atoms with Gasteiger partial charge in [-0.15, -0.1) is 0 Å². The van der Waals surface area contributed by atoms with Gasteiger partial charge in [-0.1, -0.05) is 6.92 Å². The van der Waals surface area contributed by atoms with Crippen molar-refractivity contribution in [2.45, 2.75) is 6.92 Å². The van der Waals surface area contributed by atoms with Gasteiger partial charge in [-0.2, -0.15) is 0 Å². The maximum Gasteiger partial charge on any atom is 0.310 e. The Kier molecular flexibility index (Phi) is 7.24. The minimum Gasteiger partial charge on any atom is -0.469 e. The number of benzene rings is 1. The zero-order valence-corrected chi connectivity index (χ0v) is 17.3. The summed E-state index contributed by atoms with van der Waals surface area (Å²) in [6.07, 6.45) is 0. The minimum absolute atomic E-state index is 0.226. The first-order valence-electron chi connectivity index (χ1n) is 5.58. The average Bonchev–Trinajstić information content (AvgIpc) is 2.41. The quantitative estimate of drug-likeness (QED) is 0.311. The third-order valence-electron chi connectivity index (χ3n) is 2.60. The highest BCUT2D eigenvalue weighted by Gasteiger charge is 2.20. The summed E-state index contributed by atoms with van der Waals surface area (Å²) in [6.45, 7) is 1.92. The van der Waals surface area contributed by atoms with Crippen LogP contribution in [0.5, 0.6) is 0 Å². The maximum absolute atomic E-state index is 12.2. The number of carbonyl (C=O) groups is 2. The van der Waals surface area contributed by atoms with Crippen LogP contribution in [0.1, 0.15) is 17.3 Å². The number of ether oxygens (including phenoxy) is 1. The summed E-state index contributed by atoms with van der Waals surface area (Å²) in [7, 11) is 1.33. The molecule has 0 aliphatic carbocycles. The van der Waals surface area contributed by atoms with Crippen molar-refractivity contribution in [1.82, 2.24) is 5.32 Å². The molecule has 0 aliphatic heterocycles. The van der Waals surface area contributed by atoms with E-state index in [0.717, 1.165) is 10.7 Å². The standard InChI is InChI=1S/C12H13I3N2O3/c1-5(12(19)20-2)4-17-11(18)8-6(13)3-7(14)10(16)9(8)15/h3,5H,4,16H2,1-2H3,(H,17,18). The van der Waals surface area contributed by atoms with Crippen LogP contribution >= 0.6 is 67.8 Å². The SMILES string of the molecule is COC(=O)C(C)CNC(=O)c1c(I)cc(I)c(N)c1I. The van der Waals surface area contributed by atoms with E-state index in [9.17, 15) is 9.59 Å². The molecule has 1 rings (SSSR count). The number of esters is 1. The molecule has 0 saturated carbocycles. The number of carbonyl (C=O) groups excluding carboxylic acids is 2. The Hall–Kier alpha value is 0.150. The number of nitrogens with one attached hydrogen (secondary N) is 1. The summed E-state index contributed by atoms with van der Waals surface area (Å²) in [5.74, 6) is -0.977. The van der Waals surface area contributed by atoms with Gasteiger partial charge in [0.1, 0.15) is 0 Å². The largest absolute Gasteiger partial charge is 0.469 e. The molecule has 20 heavy (non-hydrogen) atoms. The van der Waals surface area contributed by atoms with Crippen LogP contribution in [0.15, 0.2) is 6.07 Å². The van der Waals surface area contributed by atoms with E-state index in [1.54, 1.807) is 6.92 Å². The Bertz CT molecular complexity index is 549. The number of nitrogens with two attached hydrogens (primary N) is 1. The van der Waals surface area contributed by atoms with Crippen molar-refractivity contribution >= 4 is 85.3 Å². The van der Waals surface area contributed by atoms with Crippen molar-refractivity contribution in [3.8, 4) is 0 Å². The molecule has 1 unspecified atom stereocenters. The molecule has 1 aromatic rings. The second kappa shape index (κ2) is 7.96. The first kappa shape index (κ1) is 18.2. The van der Waals surface area contributed by atoms with E-state index in [0.29, 0.717) is 11.3 Å². The molecule has 0 saturated heterocycles. The van der Waals surface area contributed by atoms with Gasteiger partial charge in [-0.3, -0.25) is 9.59 Å². The number of methoxy groups -OCH3 is 1. The zero-order chi connectivity index (χ0) is 15.4. The highest BCUT2D eigenvalue weighted by Crippen LogP contribution is 2.29. The van der Waals surface area contributed by atoms with Crippen LogP contribution in [-0.2, 0) is 9.53 Å². The number of hydrogen-bond donors (Lipinski definition) is 2. The highest BCUT2D eigenvalue weighted by molar-refractivity contribution is 14.1. The lowest BCUT2D eigenvalue weighted by Gasteiger charge is -2.14. The molecule has 5 nitrogen and oxygen atoms in total. The van der Waals surface area contributed by atoms with E-state index in [1.807, 2.05) is 6.07 Å². The minimum atomic E-state index is -0.388. The lowest BCUT2D eigenvalue weighted by molar-refractivity contribution is -0.144. The van der Waals surface area contributed by atoms with Crippen LogP contribution in [0.2, 0.25) is 0 Å². The molecule has 0 aromatic heterocycles. The molecule has 1 aromatic carbocycles. The predicted octanol–water partition coefficient (Wildman–Crippen LogP) is 2.62. The van der Waals surface area contributed by atoms with Crippen molar-refractivity contribution in [2.24, 2.45) is 5.92 Å². The fourth-order valence-corrected chi connectivity index (χ4v) is 5.29. The van der Waals surface area contributed by atoms with Gasteiger partial charge in [0.25, 0.3) is 5.91 Å². The molecule has 3 N–H and O–H groups in total. The van der Waals surface area contributed by atoms with Gasteiger partial charge >= 0.3 is 5.97 Å². The summed E-state index contributed by atoms with van der Waals surface area (Å²) < 4.78 is 7.08. The van der Waals surface area contributed by atoms with Crippen molar-refractivity contribution < 1.29 is 14.3 Å². The molecule has 110 valence electrons. The fourth-order valence-electron chi connectivity index (χ4n) is 1.43. The van der Waals surface area contributed by atoms with Crippen LogP contribution in [0.4, 0.5) is 5.69 Å². The van der Waals surface area contributed by atoms with Gasteiger partial charge in [-0.25, -0.2) is 0 Å². The number of nitrogen functional groups attached to an aromatic ring is 1. The Labute approximate surface area is 158 Å². The predicted molar refractivity (Wildman–Crippen MR) is 103 cm³/mol. The van der Waals surface area contributed by atoms with Gasteiger partial charge in [0.15, 0.2) is 0 Å². The molecular formula is C12H13I3N2O3. The maximum atomic E-state index is 12.2. The van der Waals surface area contributed by atoms with Gasteiger partial charge < -0.3 is 15.8 Å².